The number of nitrogens with one attached hydrogen (secondary N) is 2. The van der Waals surface area contributed by atoms with Gasteiger partial charge in [-0.2, -0.15) is 0 Å². The third-order valence-electron chi connectivity index (χ3n) is 4.63. The standard InChI is InChI=1S/C19H29N3O8/c1-18(2,3)28-12(24)7-20-6-10-8-22(17(26)21-15(10)25)16-14-13(11(9-23)27-16)29-19(4,5)30-14/h8,11,13-14,16,20,23H,6-7,9H2,1-5H3,(H,21,25,26)/t11-,13+,14?,16-/m1/s1. The summed E-state index contributed by atoms with van der Waals surface area (Å²) in [6.07, 6.45) is -1.39. The maximum atomic E-state index is 12.4. The first-order chi connectivity index (χ1) is 13.9. The molecule has 4 atom stereocenters. The summed E-state index contributed by atoms with van der Waals surface area (Å²) in [6, 6.07) is 0. The number of nitrogens with zero attached hydrogens (tertiary/aromatic N) is 1. The molecule has 2 saturated heterocycles. The van der Waals surface area contributed by atoms with E-state index in [2.05, 4.69) is 10.3 Å². The van der Waals surface area contributed by atoms with Crippen molar-refractivity contribution in [3.8, 4) is 0 Å². The number of carbonyl (C=O) groups excluding carboxylic acids is 1. The van der Waals surface area contributed by atoms with E-state index < -0.39 is 53.1 Å². The van der Waals surface area contributed by atoms with Crippen LogP contribution in [0.2, 0.25) is 0 Å². The lowest BCUT2D eigenvalue weighted by atomic mass is 10.1. The molecule has 0 saturated carbocycles. The van der Waals surface area contributed by atoms with Crippen LogP contribution in [0.1, 0.15) is 46.4 Å². The highest BCUT2D eigenvalue weighted by atomic mass is 16.8. The average molecular weight is 427 g/mol. The van der Waals surface area contributed by atoms with Crippen LogP contribution in [0.3, 0.4) is 0 Å². The zero-order valence-electron chi connectivity index (χ0n) is 17.8. The van der Waals surface area contributed by atoms with Crippen molar-refractivity contribution in [3.05, 3.63) is 32.6 Å². The largest absolute Gasteiger partial charge is 0.459 e. The van der Waals surface area contributed by atoms with Gasteiger partial charge in [0.1, 0.15) is 23.9 Å². The summed E-state index contributed by atoms with van der Waals surface area (Å²) in [5.74, 6) is -1.35. The molecule has 0 spiro atoms. The van der Waals surface area contributed by atoms with Crippen LogP contribution in [0.25, 0.3) is 0 Å². The fraction of sp³-hybridized carbons (Fsp3) is 0.737. The summed E-state index contributed by atoms with van der Waals surface area (Å²) < 4.78 is 23.9. The van der Waals surface area contributed by atoms with Gasteiger partial charge < -0.3 is 29.4 Å². The van der Waals surface area contributed by atoms with Gasteiger partial charge in [-0.25, -0.2) is 4.79 Å². The lowest BCUT2D eigenvalue weighted by molar-refractivity contribution is -0.200. The smallest absolute Gasteiger partial charge is 0.330 e. The summed E-state index contributed by atoms with van der Waals surface area (Å²) in [7, 11) is 0. The van der Waals surface area contributed by atoms with Gasteiger partial charge in [-0.3, -0.25) is 19.1 Å². The number of hydrogen-bond acceptors (Lipinski definition) is 9. The van der Waals surface area contributed by atoms with E-state index in [0.29, 0.717) is 0 Å². The van der Waals surface area contributed by atoms with Crippen molar-refractivity contribution in [2.75, 3.05) is 13.2 Å². The Labute approximate surface area is 173 Å². The SMILES string of the molecule is CC(C)(C)OC(=O)CNCc1cn([C@@H]2O[C@H](CO)[C@@H]3OC(C)(C)OC32)c(=O)[nH]c1=O. The zero-order chi connectivity index (χ0) is 22.3. The molecule has 2 aliphatic rings. The van der Waals surface area contributed by atoms with E-state index >= 15 is 0 Å². The van der Waals surface area contributed by atoms with Crippen molar-refractivity contribution in [3.63, 3.8) is 0 Å². The predicted octanol–water partition coefficient (Wildman–Crippen LogP) is -0.622. The highest BCUT2D eigenvalue weighted by Crippen LogP contribution is 2.42. The zero-order valence-corrected chi connectivity index (χ0v) is 17.8. The molecule has 168 valence electrons. The monoisotopic (exact) mass is 427 g/mol. The number of ether oxygens (including phenoxy) is 4. The maximum Gasteiger partial charge on any atom is 0.330 e. The number of rotatable bonds is 6. The lowest BCUT2D eigenvalue weighted by Gasteiger charge is -2.24. The van der Waals surface area contributed by atoms with Gasteiger partial charge in [-0.15, -0.1) is 0 Å². The van der Waals surface area contributed by atoms with Crippen LogP contribution >= 0.6 is 0 Å². The van der Waals surface area contributed by atoms with Gasteiger partial charge in [-0.05, 0) is 34.6 Å². The molecule has 0 aliphatic carbocycles. The second-order valence-corrected chi connectivity index (χ2v) is 8.82. The highest BCUT2D eigenvalue weighted by molar-refractivity contribution is 5.72. The molecule has 0 radical (unpaired) electrons. The number of fused-ring (bicyclic) bond motifs is 1. The molecule has 2 aliphatic heterocycles. The third kappa shape index (κ3) is 4.98. The molecular weight excluding hydrogens is 398 g/mol. The van der Waals surface area contributed by atoms with Gasteiger partial charge in [0, 0.05) is 18.3 Å². The molecule has 11 nitrogen and oxygen atoms in total. The Kier molecular flexibility index (Phi) is 6.21. The molecule has 1 unspecified atom stereocenters. The van der Waals surface area contributed by atoms with Crippen LogP contribution < -0.4 is 16.6 Å². The molecule has 3 N–H and O–H groups in total. The maximum absolute atomic E-state index is 12.4. The molecule has 0 bridgehead atoms. The van der Waals surface area contributed by atoms with Crippen LogP contribution in [-0.2, 0) is 30.3 Å². The molecule has 0 amide bonds. The Hall–Kier alpha value is -2.05. The van der Waals surface area contributed by atoms with Gasteiger partial charge in [0.05, 0.1) is 13.2 Å². The van der Waals surface area contributed by atoms with Crippen LogP contribution in [0.4, 0.5) is 0 Å². The first kappa shape index (κ1) is 22.6. The van der Waals surface area contributed by atoms with E-state index in [0.717, 1.165) is 0 Å². The third-order valence-corrected chi connectivity index (χ3v) is 4.63. The van der Waals surface area contributed by atoms with Crippen molar-refractivity contribution < 1.29 is 28.8 Å². The van der Waals surface area contributed by atoms with Crippen molar-refractivity contribution in [2.24, 2.45) is 0 Å². The fourth-order valence-electron chi connectivity index (χ4n) is 3.55. The fourth-order valence-corrected chi connectivity index (χ4v) is 3.55. The minimum absolute atomic E-state index is 0.0297. The number of H-pyrrole nitrogens is 1. The Morgan fingerprint density at radius 2 is 1.97 bits per heavy atom. The summed E-state index contributed by atoms with van der Waals surface area (Å²) in [4.78, 5) is 38.7. The van der Waals surface area contributed by atoms with Gasteiger partial charge in [0.2, 0.25) is 0 Å². The molecule has 30 heavy (non-hydrogen) atoms. The highest BCUT2D eigenvalue weighted by Gasteiger charge is 2.55. The first-order valence-corrected chi connectivity index (χ1v) is 9.79. The number of aromatic amines is 1. The van der Waals surface area contributed by atoms with Crippen molar-refractivity contribution in [2.45, 2.75) is 77.1 Å². The van der Waals surface area contributed by atoms with Gasteiger partial charge >= 0.3 is 11.7 Å². The number of aliphatic hydroxyl groups is 1. The van der Waals surface area contributed by atoms with Crippen molar-refractivity contribution in [1.82, 2.24) is 14.9 Å². The summed E-state index contributed by atoms with van der Waals surface area (Å²) in [5, 5.41) is 12.4. The van der Waals surface area contributed by atoms with Gasteiger partial charge in [0.25, 0.3) is 5.56 Å². The van der Waals surface area contributed by atoms with E-state index in [1.807, 2.05) is 0 Å². The van der Waals surface area contributed by atoms with E-state index in [9.17, 15) is 19.5 Å². The minimum Gasteiger partial charge on any atom is -0.459 e. The molecule has 2 fully saturated rings. The van der Waals surface area contributed by atoms with E-state index in [4.69, 9.17) is 18.9 Å². The van der Waals surface area contributed by atoms with Crippen molar-refractivity contribution >= 4 is 5.97 Å². The molecule has 3 heterocycles. The topological polar surface area (TPSA) is 141 Å². The first-order valence-electron chi connectivity index (χ1n) is 9.79. The van der Waals surface area contributed by atoms with E-state index in [1.54, 1.807) is 34.6 Å². The van der Waals surface area contributed by atoms with Gasteiger partial charge in [-0.1, -0.05) is 0 Å². The number of aromatic nitrogens is 2. The molecular formula is C19H29N3O8. The lowest BCUT2D eigenvalue weighted by Crippen LogP contribution is -2.39. The van der Waals surface area contributed by atoms with E-state index in [1.165, 1.54) is 10.8 Å². The van der Waals surface area contributed by atoms with Gasteiger partial charge in [0.15, 0.2) is 12.0 Å². The molecule has 1 aromatic heterocycles. The summed E-state index contributed by atoms with van der Waals surface area (Å²) in [6.45, 7) is 8.37. The predicted molar refractivity (Wildman–Crippen MR) is 104 cm³/mol. The summed E-state index contributed by atoms with van der Waals surface area (Å²) in [5.41, 5.74) is -1.64. The minimum atomic E-state index is -0.894. The Balaban J connectivity index is 1.76. The normalized spacial score (nSPS) is 27.8. The average Bonchev–Trinajstić information content (AvgIpc) is 3.08. The quantitative estimate of drug-likeness (QED) is 0.506. The number of hydrogen-bond donors (Lipinski definition) is 3. The van der Waals surface area contributed by atoms with Crippen LogP contribution in [0.15, 0.2) is 15.8 Å². The Morgan fingerprint density at radius 1 is 1.30 bits per heavy atom. The molecule has 11 heteroatoms. The molecule has 1 aromatic rings. The second-order valence-electron chi connectivity index (χ2n) is 8.82. The van der Waals surface area contributed by atoms with Crippen LogP contribution in [0.5, 0.6) is 0 Å². The van der Waals surface area contributed by atoms with Crippen LogP contribution in [-0.4, -0.2) is 63.5 Å². The number of carbonyl (C=O) groups is 1. The molecule has 3 rings (SSSR count). The van der Waals surface area contributed by atoms with Crippen LogP contribution in [0, 0.1) is 0 Å². The Bertz CT molecular complexity index is 900. The number of aliphatic hydroxyl groups excluding tert-OH is 1. The summed E-state index contributed by atoms with van der Waals surface area (Å²) >= 11 is 0. The van der Waals surface area contributed by atoms with E-state index in [-0.39, 0.29) is 25.3 Å². The molecule has 0 aromatic carbocycles. The number of esters is 1. The second kappa shape index (κ2) is 8.23. The van der Waals surface area contributed by atoms with Crippen molar-refractivity contribution in [1.29, 1.82) is 0 Å². The Morgan fingerprint density at radius 3 is 2.60 bits per heavy atom.